The number of ether oxygens (including phenoxy) is 1. The number of amides is 2. The molecule has 1 fully saturated rings. The van der Waals surface area contributed by atoms with Gasteiger partial charge in [-0.1, -0.05) is 5.16 Å². The number of nitrogens with two attached hydrogens (primary N) is 1. The summed E-state index contributed by atoms with van der Waals surface area (Å²) in [7, 11) is 0. The summed E-state index contributed by atoms with van der Waals surface area (Å²) >= 11 is 0. The highest BCUT2D eigenvalue weighted by Gasteiger charge is 2.48. The Labute approximate surface area is 209 Å². The monoisotopic (exact) mass is 506 g/mol. The number of aliphatic hydroxyl groups is 1. The molecule has 190 valence electrons. The number of nitrogens with zero attached hydrogens (tertiary/aromatic N) is 4. The van der Waals surface area contributed by atoms with Crippen molar-refractivity contribution in [3.63, 3.8) is 0 Å². The number of fused-ring (bicyclic) bond motifs is 1. The van der Waals surface area contributed by atoms with E-state index in [0.717, 1.165) is 0 Å². The molecule has 2 aromatic carbocycles. The van der Waals surface area contributed by atoms with Gasteiger partial charge in [0.2, 0.25) is 0 Å². The third kappa shape index (κ3) is 4.37. The number of anilines is 3. The van der Waals surface area contributed by atoms with Crippen LogP contribution in [0.3, 0.4) is 0 Å². The van der Waals surface area contributed by atoms with Crippen LogP contribution in [0.25, 0.3) is 16.7 Å². The molecule has 4 aromatic rings. The molecule has 5 rings (SSSR count). The van der Waals surface area contributed by atoms with E-state index in [1.807, 2.05) is 0 Å². The summed E-state index contributed by atoms with van der Waals surface area (Å²) < 4.78 is 12.1. The number of nitrogen functional groups attached to an aromatic ring is 1. The van der Waals surface area contributed by atoms with E-state index in [2.05, 4.69) is 15.6 Å². The van der Waals surface area contributed by atoms with Gasteiger partial charge >= 0.3 is 5.97 Å². The van der Waals surface area contributed by atoms with Crippen LogP contribution in [-0.4, -0.2) is 67.8 Å². The van der Waals surface area contributed by atoms with Crippen LogP contribution in [0.2, 0.25) is 0 Å². The molecular formula is C24H22N6O7. The van der Waals surface area contributed by atoms with E-state index in [4.69, 9.17) is 20.1 Å². The average molecular weight is 506 g/mol. The maximum atomic E-state index is 13.3. The fraction of sp³-hybridized carbons (Fsp3) is 0.208. The highest BCUT2D eigenvalue weighted by Crippen LogP contribution is 2.27. The number of nitrogens with one attached hydrogen (secondary N) is 1. The molecule has 0 bridgehead atoms. The Morgan fingerprint density at radius 3 is 2.68 bits per heavy atom. The number of carbonyl (C=O) groups excluding carboxylic acids is 2. The Morgan fingerprint density at radius 1 is 1.19 bits per heavy atom. The largest absolute Gasteiger partial charge is 0.478 e. The Morgan fingerprint density at radius 2 is 1.95 bits per heavy atom. The SMILES string of the molecule is CC(O)(C(=O)Nc1ccc2c(N)noc2c1)C1OCCN(c2ccn(-c3ccc(C(=O)O)cc3)n2)C1=O. The standard InChI is InChI=1S/C24H22N6O7/c1-24(35,23(34)26-14-4-7-16-17(12-14)37-28-20(16)25)19-21(31)29(10-11-36-19)18-8-9-30(27-18)15-5-2-13(3-6-15)22(32)33/h2-9,12,19,35H,10-11H2,1H3,(H2,25,28)(H,26,34)(H,32,33). The lowest BCUT2D eigenvalue weighted by Gasteiger charge is -2.37. The zero-order valence-electron chi connectivity index (χ0n) is 19.5. The molecule has 0 aliphatic carbocycles. The van der Waals surface area contributed by atoms with Crippen molar-refractivity contribution >= 4 is 46.1 Å². The minimum atomic E-state index is -2.22. The summed E-state index contributed by atoms with van der Waals surface area (Å²) in [5.74, 6) is -2.05. The number of carbonyl (C=O) groups is 3. The first kappa shape index (κ1) is 24.0. The second kappa shape index (κ2) is 9.04. The van der Waals surface area contributed by atoms with Gasteiger partial charge in [0.1, 0.15) is 0 Å². The van der Waals surface area contributed by atoms with E-state index in [1.165, 1.54) is 34.7 Å². The molecule has 2 atom stereocenters. The molecule has 1 saturated heterocycles. The summed E-state index contributed by atoms with van der Waals surface area (Å²) in [5, 5.41) is 31.3. The van der Waals surface area contributed by atoms with Crippen molar-refractivity contribution in [2.45, 2.75) is 18.6 Å². The van der Waals surface area contributed by atoms with Gasteiger partial charge in [-0.25, -0.2) is 9.48 Å². The molecule has 2 unspecified atom stereocenters. The number of hydrogen-bond donors (Lipinski definition) is 4. The molecule has 1 aliphatic rings. The Kier molecular flexibility index (Phi) is 5.85. The smallest absolute Gasteiger partial charge is 0.335 e. The summed E-state index contributed by atoms with van der Waals surface area (Å²) in [6.45, 7) is 1.41. The maximum absolute atomic E-state index is 13.3. The van der Waals surface area contributed by atoms with Crippen LogP contribution in [0, 0.1) is 0 Å². The number of benzene rings is 2. The number of aromatic carboxylic acids is 1. The highest BCUT2D eigenvalue weighted by atomic mass is 16.5. The summed E-state index contributed by atoms with van der Waals surface area (Å²) in [6, 6.07) is 12.3. The van der Waals surface area contributed by atoms with Crippen molar-refractivity contribution in [1.82, 2.24) is 14.9 Å². The van der Waals surface area contributed by atoms with Crippen LogP contribution in [0.15, 0.2) is 59.3 Å². The molecule has 13 nitrogen and oxygen atoms in total. The average Bonchev–Trinajstić information content (AvgIpc) is 3.51. The van der Waals surface area contributed by atoms with E-state index in [9.17, 15) is 19.5 Å². The Hall–Kier alpha value is -4.75. The predicted octanol–water partition coefficient (Wildman–Crippen LogP) is 1.42. The second-order valence-electron chi connectivity index (χ2n) is 8.59. The first-order valence-electron chi connectivity index (χ1n) is 11.2. The van der Waals surface area contributed by atoms with Crippen molar-refractivity contribution < 1.29 is 33.9 Å². The summed E-state index contributed by atoms with van der Waals surface area (Å²) in [4.78, 5) is 38.7. The molecule has 3 heterocycles. The van der Waals surface area contributed by atoms with E-state index in [1.54, 1.807) is 36.5 Å². The summed E-state index contributed by atoms with van der Waals surface area (Å²) in [6.07, 6.45) is 0.117. The third-order valence-electron chi connectivity index (χ3n) is 6.05. The van der Waals surface area contributed by atoms with Crippen molar-refractivity contribution in [1.29, 1.82) is 0 Å². The molecule has 0 spiro atoms. The van der Waals surface area contributed by atoms with Gasteiger partial charge in [-0.2, -0.15) is 0 Å². The van der Waals surface area contributed by atoms with Crippen LogP contribution >= 0.6 is 0 Å². The lowest BCUT2D eigenvalue weighted by molar-refractivity contribution is -0.165. The van der Waals surface area contributed by atoms with Crippen molar-refractivity contribution in [2.24, 2.45) is 0 Å². The maximum Gasteiger partial charge on any atom is 0.335 e. The summed E-state index contributed by atoms with van der Waals surface area (Å²) in [5.41, 5.74) is 4.86. The van der Waals surface area contributed by atoms with Gasteiger partial charge in [0, 0.05) is 24.0 Å². The molecule has 2 amide bonds. The second-order valence-corrected chi connectivity index (χ2v) is 8.59. The molecule has 13 heteroatoms. The van der Waals surface area contributed by atoms with Crippen LogP contribution in [0.5, 0.6) is 0 Å². The van der Waals surface area contributed by atoms with E-state index >= 15 is 0 Å². The molecular weight excluding hydrogens is 484 g/mol. The number of carboxylic acid groups (broad SMARTS) is 1. The molecule has 5 N–H and O–H groups in total. The van der Waals surface area contributed by atoms with Gasteiger partial charge < -0.3 is 30.5 Å². The van der Waals surface area contributed by atoms with Crippen molar-refractivity contribution in [3.8, 4) is 5.69 Å². The zero-order valence-corrected chi connectivity index (χ0v) is 19.5. The Balaban J connectivity index is 1.32. The minimum Gasteiger partial charge on any atom is -0.478 e. The molecule has 37 heavy (non-hydrogen) atoms. The Bertz CT molecular complexity index is 1510. The number of aromatic nitrogens is 3. The fourth-order valence-electron chi connectivity index (χ4n) is 3.99. The quantitative estimate of drug-likeness (QED) is 0.298. The van der Waals surface area contributed by atoms with Crippen molar-refractivity contribution in [2.75, 3.05) is 29.1 Å². The number of hydrogen-bond acceptors (Lipinski definition) is 9. The van der Waals surface area contributed by atoms with Crippen LogP contribution < -0.4 is 16.0 Å². The van der Waals surface area contributed by atoms with Gasteiger partial charge in [0.05, 0.1) is 29.8 Å². The van der Waals surface area contributed by atoms with Gasteiger partial charge in [-0.05, 0) is 43.3 Å². The van der Waals surface area contributed by atoms with E-state index < -0.39 is 29.5 Å². The van der Waals surface area contributed by atoms with Crippen LogP contribution in [0.4, 0.5) is 17.3 Å². The molecule has 2 aromatic heterocycles. The van der Waals surface area contributed by atoms with Crippen molar-refractivity contribution in [3.05, 3.63) is 60.3 Å². The fourth-order valence-corrected chi connectivity index (χ4v) is 3.99. The first-order chi connectivity index (χ1) is 17.6. The van der Waals surface area contributed by atoms with E-state index in [0.29, 0.717) is 22.3 Å². The van der Waals surface area contributed by atoms with Gasteiger partial charge in [0.25, 0.3) is 11.8 Å². The number of carboxylic acids is 1. The normalized spacial score (nSPS) is 17.5. The highest BCUT2D eigenvalue weighted by molar-refractivity contribution is 6.06. The van der Waals surface area contributed by atoms with Gasteiger partial charge in [-0.15, -0.1) is 5.10 Å². The topological polar surface area (TPSA) is 186 Å². The third-order valence-corrected chi connectivity index (χ3v) is 6.05. The zero-order chi connectivity index (χ0) is 26.3. The molecule has 0 saturated carbocycles. The molecule has 1 aliphatic heterocycles. The number of morpholine rings is 1. The minimum absolute atomic E-state index is 0.0588. The number of rotatable bonds is 6. The van der Waals surface area contributed by atoms with Crippen LogP contribution in [0.1, 0.15) is 17.3 Å². The van der Waals surface area contributed by atoms with E-state index in [-0.39, 0.29) is 30.4 Å². The van der Waals surface area contributed by atoms with Crippen LogP contribution in [-0.2, 0) is 14.3 Å². The first-order valence-corrected chi connectivity index (χ1v) is 11.2. The predicted molar refractivity (Wildman–Crippen MR) is 130 cm³/mol. The lowest BCUT2D eigenvalue weighted by atomic mass is 9.95. The van der Waals surface area contributed by atoms with Gasteiger partial charge in [0.15, 0.2) is 28.9 Å². The molecule has 0 radical (unpaired) electrons. The van der Waals surface area contributed by atoms with Gasteiger partial charge in [-0.3, -0.25) is 14.5 Å². The lowest BCUT2D eigenvalue weighted by Crippen LogP contribution is -2.61.